The number of ether oxygens (including phenoxy) is 4. The van der Waals surface area contributed by atoms with Gasteiger partial charge in [-0.25, -0.2) is 14.4 Å². The Hall–Kier alpha value is -6.62. The number of anilines is 2. The number of carboxylic acid groups (broad SMARTS) is 1. The van der Waals surface area contributed by atoms with Crippen LogP contribution in [0.4, 0.5) is 21.0 Å². The van der Waals surface area contributed by atoms with E-state index >= 15 is 0 Å². The molecule has 17 nitrogen and oxygen atoms in total. The summed E-state index contributed by atoms with van der Waals surface area (Å²) in [6.07, 6.45) is 5.69. The fourth-order valence-electron chi connectivity index (χ4n) is 6.88. The van der Waals surface area contributed by atoms with Crippen molar-refractivity contribution in [2.45, 2.75) is 77.7 Å². The number of carbonyl (C=O) groups is 4. The molecule has 4 heterocycles. The van der Waals surface area contributed by atoms with Crippen molar-refractivity contribution in [1.29, 1.82) is 0 Å². The molecule has 2 aromatic heterocycles. The quantitative estimate of drug-likeness (QED) is 0.138. The zero-order valence-electron chi connectivity index (χ0n) is 38.9. The van der Waals surface area contributed by atoms with Crippen LogP contribution >= 0.6 is 0 Å². The van der Waals surface area contributed by atoms with Crippen LogP contribution in [0.2, 0.25) is 0 Å². The highest BCUT2D eigenvalue weighted by Crippen LogP contribution is 2.29. The predicted octanol–water partition coefficient (Wildman–Crippen LogP) is 5.58. The topological polar surface area (TPSA) is 197 Å². The number of hydrogen-bond acceptors (Lipinski definition) is 13. The first-order valence-electron chi connectivity index (χ1n) is 21.7. The summed E-state index contributed by atoms with van der Waals surface area (Å²) < 4.78 is 21.2. The van der Waals surface area contributed by atoms with Gasteiger partial charge < -0.3 is 54.7 Å². The highest BCUT2D eigenvalue weighted by Gasteiger charge is 2.31. The van der Waals surface area contributed by atoms with Crippen molar-refractivity contribution in [2.75, 3.05) is 76.4 Å². The SMILES string of the molecule is CC(C)(C)OC(=O)N[C@H](Cc1cccnc1)C(=O)O.COc1ccccc1N1CCN(C(=O)[C@@H](Cc2ccncc2)NC(=O)OC(C)(C)C)CC1.COc1ccccc1N1CCNCC1. The van der Waals surface area contributed by atoms with Gasteiger partial charge in [0.25, 0.3) is 0 Å². The van der Waals surface area contributed by atoms with Crippen LogP contribution in [-0.2, 0) is 31.9 Å². The van der Waals surface area contributed by atoms with Crippen molar-refractivity contribution in [3.8, 4) is 11.5 Å². The number of aromatic nitrogens is 2. The second-order valence-corrected chi connectivity index (χ2v) is 17.3. The molecule has 2 atom stereocenters. The molecule has 17 heteroatoms. The number of nitrogens with one attached hydrogen (secondary N) is 3. The summed E-state index contributed by atoms with van der Waals surface area (Å²) in [4.78, 5) is 62.7. The van der Waals surface area contributed by atoms with Gasteiger partial charge in [0.15, 0.2) is 0 Å². The molecule has 0 saturated carbocycles. The van der Waals surface area contributed by atoms with Crippen LogP contribution in [-0.4, -0.2) is 134 Å². The van der Waals surface area contributed by atoms with E-state index in [4.69, 9.17) is 24.1 Å². The third-order valence-corrected chi connectivity index (χ3v) is 9.89. The first-order chi connectivity index (χ1) is 31.0. The maximum absolute atomic E-state index is 13.4. The second-order valence-electron chi connectivity index (χ2n) is 17.3. The average Bonchev–Trinajstić information content (AvgIpc) is 3.28. The number of benzene rings is 2. The number of rotatable bonds is 12. The Balaban J connectivity index is 0.000000236. The summed E-state index contributed by atoms with van der Waals surface area (Å²) in [5.74, 6) is 0.547. The number of aliphatic carboxylic acids is 1. The molecule has 0 bridgehead atoms. The van der Waals surface area contributed by atoms with Crippen LogP contribution in [0.15, 0.2) is 97.6 Å². The fraction of sp³-hybridized carbons (Fsp3) is 0.458. The lowest BCUT2D eigenvalue weighted by atomic mass is 10.1. The summed E-state index contributed by atoms with van der Waals surface area (Å²) in [6, 6.07) is 21.4. The third-order valence-electron chi connectivity index (χ3n) is 9.89. The summed E-state index contributed by atoms with van der Waals surface area (Å²) in [5, 5.41) is 17.5. The van der Waals surface area contributed by atoms with Gasteiger partial charge in [0.1, 0.15) is 34.8 Å². The van der Waals surface area contributed by atoms with E-state index in [2.05, 4.69) is 47.9 Å². The number of nitrogens with zero attached hydrogens (tertiary/aromatic N) is 5. The Morgan fingerprint density at radius 2 is 1.12 bits per heavy atom. The largest absolute Gasteiger partial charge is 0.495 e. The van der Waals surface area contributed by atoms with E-state index in [0.29, 0.717) is 32.6 Å². The number of amides is 3. The monoisotopic (exact) mass is 898 g/mol. The van der Waals surface area contributed by atoms with Crippen LogP contribution in [0, 0.1) is 0 Å². The number of hydrogen-bond donors (Lipinski definition) is 4. The molecule has 2 aliphatic rings. The Morgan fingerprint density at radius 3 is 1.60 bits per heavy atom. The van der Waals surface area contributed by atoms with Crippen molar-refractivity contribution in [3.05, 3.63) is 109 Å². The lowest BCUT2D eigenvalue weighted by Crippen LogP contribution is -2.56. The van der Waals surface area contributed by atoms with Gasteiger partial charge in [-0.05, 0) is 95.1 Å². The molecule has 4 N–H and O–H groups in total. The summed E-state index contributed by atoms with van der Waals surface area (Å²) >= 11 is 0. The van der Waals surface area contributed by atoms with Gasteiger partial charge in [0.2, 0.25) is 5.91 Å². The molecule has 2 saturated heterocycles. The molecular weight excluding hydrogens is 833 g/mol. The molecule has 2 aromatic carbocycles. The van der Waals surface area contributed by atoms with Crippen LogP contribution in [0.25, 0.3) is 0 Å². The lowest BCUT2D eigenvalue weighted by Gasteiger charge is -2.38. The van der Waals surface area contributed by atoms with Crippen LogP contribution in [0.1, 0.15) is 52.7 Å². The number of piperazine rings is 2. The van der Waals surface area contributed by atoms with Crippen molar-refractivity contribution in [2.24, 2.45) is 0 Å². The molecule has 4 aromatic rings. The number of carboxylic acids is 1. The van der Waals surface area contributed by atoms with Crippen LogP contribution < -0.4 is 35.2 Å². The number of methoxy groups -OCH3 is 2. The van der Waals surface area contributed by atoms with E-state index in [1.54, 1.807) is 97.6 Å². The second kappa shape index (κ2) is 25.0. The zero-order valence-corrected chi connectivity index (χ0v) is 38.9. The standard InChI is InChI=1S/C24H32N4O4.C13H18N2O4.C11H16N2O/c1-24(2,3)32-23(30)26-19(17-18-9-11-25-12-10-18)22(29)28-15-13-27(14-16-28)20-7-5-6-8-21(20)31-4;1-13(2,3)19-12(18)15-10(11(16)17)7-9-5-4-6-14-8-9;1-14-11-5-3-2-4-10(11)13-8-6-12-7-9-13/h5-12,19H,13-17H2,1-4H3,(H,26,30);4-6,8,10H,7H2,1-3H3,(H,15,18)(H,16,17);2-5,12H,6-9H2,1H3/t19-;10-;/m11./s1. The number of alkyl carbamates (subject to hydrolysis) is 2. The summed E-state index contributed by atoms with van der Waals surface area (Å²) in [5.41, 5.74) is 2.56. The third kappa shape index (κ3) is 17.8. The van der Waals surface area contributed by atoms with E-state index in [1.165, 1.54) is 5.69 Å². The smallest absolute Gasteiger partial charge is 0.408 e. The zero-order chi connectivity index (χ0) is 47.4. The highest BCUT2D eigenvalue weighted by molar-refractivity contribution is 5.86. The van der Waals surface area contributed by atoms with Crippen molar-refractivity contribution >= 4 is 35.4 Å². The van der Waals surface area contributed by atoms with Gasteiger partial charge in [0.05, 0.1) is 25.6 Å². The molecule has 0 spiro atoms. The maximum Gasteiger partial charge on any atom is 0.408 e. The highest BCUT2D eigenvalue weighted by atomic mass is 16.6. The van der Waals surface area contributed by atoms with E-state index in [0.717, 1.165) is 54.5 Å². The van der Waals surface area contributed by atoms with Gasteiger partial charge in [-0.2, -0.15) is 0 Å². The number of pyridine rings is 2. The molecule has 0 radical (unpaired) electrons. The van der Waals surface area contributed by atoms with E-state index in [1.807, 2.05) is 48.5 Å². The Morgan fingerprint density at radius 1 is 0.631 bits per heavy atom. The van der Waals surface area contributed by atoms with E-state index in [-0.39, 0.29) is 12.3 Å². The van der Waals surface area contributed by atoms with E-state index < -0.39 is 41.4 Å². The average molecular weight is 899 g/mol. The molecule has 0 aliphatic carbocycles. The minimum Gasteiger partial charge on any atom is -0.495 e. The van der Waals surface area contributed by atoms with Crippen molar-refractivity contribution in [1.82, 2.24) is 30.8 Å². The van der Waals surface area contributed by atoms with E-state index in [9.17, 15) is 19.2 Å². The van der Waals surface area contributed by atoms with Crippen molar-refractivity contribution < 1.29 is 43.2 Å². The molecule has 3 amide bonds. The van der Waals surface area contributed by atoms with Crippen LogP contribution in [0.5, 0.6) is 11.5 Å². The summed E-state index contributed by atoms with van der Waals surface area (Å²) in [7, 11) is 3.38. The molecule has 2 fully saturated rings. The molecule has 0 unspecified atom stereocenters. The summed E-state index contributed by atoms with van der Waals surface area (Å²) in [6.45, 7) is 17.2. The molecule has 2 aliphatic heterocycles. The minimum absolute atomic E-state index is 0.118. The Bertz CT molecular complexity index is 2080. The lowest BCUT2D eigenvalue weighted by molar-refractivity contribution is -0.139. The first kappa shape index (κ1) is 51.0. The van der Waals surface area contributed by atoms with Gasteiger partial charge in [-0.15, -0.1) is 0 Å². The number of carbonyl (C=O) groups excluding carboxylic acids is 3. The first-order valence-corrected chi connectivity index (χ1v) is 21.7. The number of para-hydroxylation sites is 4. The minimum atomic E-state index is -1.12. The Kier molecular flexibility index (Phi) is 19.6. The predicted molar refractivity (Wildman–Crippen MR) is 250 cm³/mol. The fourth-order valence-corrected chi connectivity index (χ4v) is 6.88. The Labute approximate surface area is 382 Å². The normalized spacial score (nSPS) is 14.7. The van der Waals surface area contributed by atoms with Gasteiger partial charge >= 0.3 is 18.2 Å². The van der Waals surface area contributed by atoms with Crippen molar-refractivity contribution in [3.63, 3.8) is 0 Å². The van der Waals surface area contributed by atoms with Gasteiger partial charge in [-0.3, -0.25) is 14.8 Å². The molecule has 65 heavy (non-hydrogen) atoms. The molecule has 6 rings (SSSR count). The van der Waals surface area contributed by atoms with Gasteiger partial charge in [0, 0.05) is 90.0 Å². The van der Waals surface area contributed by atoms with Crippen LogP contribution in [0.3, 0.4) is 0 Å². The van der Waals surface area contributed by atoms with Gasteiger partial charge in [-0.1, -0.05) is 30.3 Å². The maximum atomic E-state index is 13.4. The molecular formula is C48H66N8O9. The molecule has 352 valence electrons.